The monoisotopic (exact) mass is 300 g/mol. The van der Waals surface area contributed by atoms with Gasteiger partial charge in [-0.3, -0.25) is 4.79 Å². The summed E-state index contributed by atoms with van der Waals surface area (Å²) in [6, 6.07) is 17.8. The zero-order valence-electron chi connectivity index (χ0n) is 12.5. The minimum Gasteiger partial charge on any atom is -0.376 e. The fourth-order valence-electron chi connectivity index (χ4n) is 1.96. The van der Waals surface area contributed by atoms with Gasteiger partial charge in [0.15, 0.2) is 0 Å². The minimum absolute atomic E-state index is 0.0122. The van der Waals surface area contributed by atoms with E-state index in [-0.39, 0.29) is 11.2 Å². The maximum atomic E-state index is 12.3. The molecule has 0 saturated heterocycles. The number of hydrogen-bond donors (Lipinski definition) is 1. The second-order valence-electron chi connectivity index (χ2n) is 4.97. The molecule has 0 fully saturated rings. The SMILES string of the molecule is CC(Sc1ccccc1)C(=O)Nc1ccccc1N(C)C. The number of rotatable bonds is 5. The van der Waals surface area contributed by atoms with Crippen molar-refractivity contribution in [1.82, 2.24) is 0 Å². The van der Waals surface area contributed by atoms with Crippen molar-refractivity contribution in [3.63, 3.8) is 0 Å². The van der Waals surface area contributed by atoms with Gasteiger partial charge in [-0.1, -0.05) is 30.3 Å². The third kappa shape index (κ3) is 4.26. The van der Waals surface area contributed by atoms with Gasteiger partial charge in [0.25, 0.3) is 0 Å². The van der Waals surface area contributed by atoms with Crippen LogP contribution in [0, 0.1) is 0 Å². The van der Waals surface area contributed by atoms with Crippen molar-refractivity contribution in [2.75, 3.05) is 24.3 Å². The number of thioether (sulfide) groups is 1. The molecule has 2 rings (SSSR count). The van der Waals surface area contributed by atoms with E-state index in [1.807, 2.05) is 80.5 Å². The van der Waals surface area contributed by atoms with E-state index < -0.39 is 0 Å². The quantitative estimate of drug-likeness (QED) is 0.851. The van der Waals surface area contributed by atoms with Crippen LogP contribution in [-0.2, 0) is 4.79 Å². The lowest BCUT2D eigenvalue weighted by Gasteiger charge is -2.19. The molecular formula is C17H20N2OS. The van der Waals surface area contributed by atoms with Crippen molar-refractivity contribution in [3.05, 3.63) is 54.6 Å². The molecule has 4 heteroatoms. The number of nitrogens with one attached hydrogen (secondary N) is 1. The molecule has 3 nitrogen and oxygen atoms in total. The minimum atomic E-state index is -0.150. The summed E-state index contributed by atoms with van der Waals surface area (Å²) < 4.78 is 0. The topological polar surface area (TPSA) is 32.3 Å². The van der Waals surface area contributed by atoms with E-state index in [9.17, 15) is 4.79 Å². The normalized spacial score (nSPS) is 11.8. The summed E-state index contributed by atoms with van der Waals surface area (Å²) in [6.45, 7) is 1.92. The zero-order valence-corrected chi connectivity index (χ0v) is 13.4. The lowest BCUT2D eigenvalue weighted by molar-refractivity contribution is -0.115. The Morgan fingerprint density at radius 1 is 1.05 bits per heavy atom. The van der Waals surface area contributed by atoms with E-state index in [2.05, 4.69) is 5.32 Å². The highest BCUT2D eigenvalue weighted by Gasteiger charge is 2.16. The smallest absolute Gasteiger partial charge is 0.237 e. The first-order valence-corrected chi connectivity index (χ1v) is 7.75. The van der Waals surface area contributed by atoms with Crippen LogP contribution in [0.4, 0.5) is 11.4 Å². The van der Waals surface area contributed by atoms with Gasteiger partial charge in [0.1, 0.15) is 0 Å². The zero-order chi connectivity index (χ0) is 15.2. The summed E-state index contributed by atoms with van der Waals surface area (Å²) in [4.78, 5) is 15.4. The molecule has 0 aliphatic rings. The van der Waals surface area contributed by atoms with Crippen LogP contribution in [0.1, 0.15) is 6.92 Å². The number of para-hydroxylation sites is 2. The number of carbonyl (C=O) groups excluding carboxylic acids is 1. The van der Waals surface area contributed by atoms with Crippen LogP contribution in [0.3, 0.4) is 0 Å². The number of benzene rings is 2. The van der Waals surface area contributed by atoms with Gasteiger partial charge in [-0.2, -0.15) is 0 Å². The van der Waals surface area contributed by atoms with Crippen LogP contribution in [-0.4, -0.2) is 25.3 Å². The predicted molar refractivity (Wildman–Crippen MR) is 91.2 cm³/mol. The molecule has 21 heavy (non-hydrogen) atoms. The largest absolute Gasteiger partial charge is 0.376 e. The Balaban J connectivity index is 2.04. The van der Waals surface area contributed by atoms with E-state index in [0.717, 1.165) is 16.3 Å². The summed E-state index contributed by atoms with van der Waals surface area (Å²) in [5.74, 6) is 0.0122. The van der Waals surface area contributed by atoms with Crippen molar-refractivity contribution in [2.24, 2.45) is 0 Å². The fourth-order valence-corrected chi connectivity index (χ4v) is 2.85. The number of anilines is 2. The van der Waals surface area contributed by atoms with Crippen LogP contribution in [0.25, 0.3) is 0 Å². The Morgan fingerprint density at radius 3 is 2.33 bits per heavy atom. The van der Waals surface area contributed by atoms with E-state index >= 15 is 0 Å². The average Bonchev–Trinajstić information content (AvgIpc) is 2.48. The van der Waals surface area contributed by atoms with Crippen molar-refractivity contribution >= 4 is 29.0 Å². The van der Waals surface area contributed by atoms with Crippen molar-refractivity contribution in [2.45, 2.75) is 17.1 Å². The maximum absolute atomic E-state index is 12.3. The summed E-state index contributed by atoms with van der Waals surface area (Å²) >= 11 is 1.56. The Labute approximate surface area is 130 Å². The van der Waals surface area contributed by atoms with Gasteiger partial charge in [0.05, 0.1) is 16.6 Å². The summed E-state index contributed by atoms with van der Waals surface area (Å²) in [5.41, 5.74) is 1.84. The van der Waals surface area contributed by atoms with Crippen LogP contribution in [0.2, 0.25) is 0 Å². The maximum Gasteiger partial charge on any atom is 0.237 e. The summed E-state index contributed by atoms with van der Waals surface area (Å²) in [5, 5.41) is 2.86. The molecule has 2 aromatic rings. The van der Waals surface area contributed by atoms with Crippen molar-refractivity contribution < 1.29 is 4.79 Å². The predicted octanol–water partition coefficient (Wildman–Crippen LogP) is 3.87. The average molecular weight is 300 g/mol. The number of hydrogen-bond acceptors (Lipinski definition) is 3. The molecule has 0 radical (unpaired) electrons. The van der Waals surface area contributed by atoms with Gasteiger partial charge >= 0.3 is 0 Å². The van der Waals surface area contributed by atoms with Gasteiger partial charge in [0.2, 0.25) is 5.91 Å². The van der Waals surface area contributed by atoms with Gasteiger partial charge in [-0.15, -0.1) is 11.8 Å². The molecule has 1 N–H and O–H groups in total. The highest BCUT2D eigenvalue weighted by Crippen LogP contribution is 2.27. The highest BCUT2D eigenvalue weighted by molar-refractivity contribution is 8.00. The van der Waals surface area contributed by atoms with Gasteiger partial charge < -0.3 is 10.2 Å². The summed E-state index contributed by atoms with van der Waals surface area (Å²) in [6.07, 6.45) is 0. The number of carbonyl (C=O) groups is 1. The summed E-state index contributed by atoms with van der Waals surface area (Å²) in [7, 11) is 3.93. The van der Waals surface area contributed by atoms with E-state index in [1.165, 1.54) is 0 Å². The van der Waals surface area contributed by atoms with Crippen LogP contribution >= 0.6 is 11.8 Å². The molecule has 0 bridgehead atoms. The molecule has 110 valence electrons. The molecule has 0 aliphatic heterocycles. The number of nitrogens with zero attached hydrogens (tertiary/aromatic N) is 1. The Kier molecular flexibility index (Phi) is 5.28. The molecule has 0 heterocycles. The second kappa shape index (κ2) is 7.18. The molecule has 0 spiro atoms. The first kappa shape index (κ1) is 15.4. The van der Waals surface area contributed by atoms with E-state index in [1.54, 1.807) is 11.8 Å². The van der Waals surface area contributed by atoms with Crippen LogP contribution < -0.4 is 10.2 Å². The first-order chi connectivity index (χ1) is 10.1. The van der Waals surface area contributed by atoms with Gasteiger partial charge in [0, 0.05) is 19.0 Å². The Morgan fingerprint density at radius 2 is 1.67 bits per heavy atom. The second-order valence-corrected chi connectivity index (χ2v) is 6.39. The first-order valence-electron chi connectivity index (χ1n) is 6.87. The Hall–Kier alpha value is -1.94. The molecule has 0 saturated carbocycles. The van der Waals surface area contributed by atoms with Crippen molar-refractivity contribution in [3.8, 4) is 0 Å². The van der Waals surface area contributed by atoms with Crippen molar-refractivity contribution in [1.29, 1.82) is 0 Å². The standard InChI is InChI=1S/C17H20N2OS/c1-13(21-14-9-5-4-6-10-14)17(20)18-15-11-7-8-12-16(15)19(2)3/h4-13H,1-3H3,(H,18,20). The van der Waals surface area contributed by atoms with Gasteiger partial charge in [-0.25, -0.2) is 0 Å². The number of amides is 1. The van der Waals surface area contributed by atoms with Crippen LogP contribution in [0.15, 0.2) is 59.5 Å². The lowest BCUT2D eigenvalue weighted by Crippen LogP contribution is -2.23. The molecule has 0 aliphatic carbocycles. The van der Waals surface area contributed by atoms with E-state index in [4.69, 9.17) is 0 Å². The molecule has 0 aromatic heterocycles. The Bertz CT molecular complexity index is 599. The lowest BCUT2D eigenvalue weighted by atomic mass is 10.2. The molecular weight excluding hydrogens is 280 g/mol. The molecule has 1 amide bonds. The van der Waals surface area contributed by atoms with E-state index in [0.29, 0.717) is 0 Å². The van der Waals surface area contributed by atoms with Gasteiger partial charge in [-0.05, 0) is 31.2 Å². The fraction of sp³-hybridized carbons (Fsp3) is 0.235. The third-order valence-electron chi connectivity index (χ3n) is 3.07. The molecule has 1 unspecified atom stereocenters. The van der Waals surface area contributed by atoms with Crippen LogP contribution in [0.5, 0.6) is 0 Å². The molecule has 1 atom stereocenters. The highest BCUT2D eigenvalue weighted by atomic mass is 32.2. The third-order valence-corrected chi connectivity index (χ3v) is 4.18. The molecule has 2 aromatic carbocycles.